The molecule has 0 amide bonds. The Morgan fingerprint density at radius 2 is 1.60 bits per heavy atom. The predicted molar refractivity (Wildman–Crippen MR) is 79.4 cm³/mol. The molecule has 0 aliphatic heterocycles. The molecule has 0 radical (unpaired) electrons. The van der Waals surface area contributed by atoms with Gasteiger partial charge >= 0.3 is 0 Å². The van der Waals surface area contributed by atoms with Gasteiger partial charge in [0.05, 0.1) is 7.11 Å². The Morgan fingerprint density at radius 3 is 2.25 bits per heavy atom. The van der Waals surface area contributed by atoms with Gasteiger partial charge in [-0.1, -0.05) is 30.3 Å². The van der Waals surface area contributed by atoms with E-state index in [2.05, 4.69) is 19.2 Å². The van der Waals surface area contributed by atoms with Crippen LogP contribution in [0.3, 0.4) is 0 Å². The molecule has 0 saturated carbocycles. The normalized spacial score (nSPS) is 13.8. The quantitative estimate of drug-likeness (QED) is 0.879. The zero-order valence-corrected chi connectivity index (χ0v) is 12.1. The summed E-state index contributed by atoms with van der Waals surface area (Å²) >= 11 is 0. The Morgan fingerprint density at radius 1 is 0.950 bits per heavy atom. The van der Waals surface area contributed by atoms with Crippen LogP contribution in [0.2, 0.25) is 0 Å². The molecule has 0 spiro atoms. The summed E-state index contributed by atoms with van der Waals surface area (Å²) in [5, 5.41) is 3.50. The molecule has 0 fully saturated rings. The van der Waals surface area contributed by atoms with Crippen molar-refractivity contribution in [1.82, 2.24) is 5.32 Å². The summed E-state index contributed by atoms with van der Waals surface area (Å²) in [6.45, 7) is 4.16. The van der Waals surface area contributed by atoms with Crippen LogP contribution in [0.4, 0.5) is 4.39 Å². The van der Waals surface area contributed by atoms with Crippen LogP contribution in [0, 0.1) is 5.82 Å². The fourth-order valence-corrected chi connectivity index (χ4v) is 2.34. The van der Waals surface area contributed by atoms with Crippen molar-refractivity contribution >= 4 is 0 Å². The van der Waals surface area contributed by atoms with E-state index in [1.165, 1.54) is 12.1 Å². The van der Waals surface area contributed by atoms with Crippen molar-refractivity contribution in [3.05, 3.63) is 65.5 Å². The molecular weight excluding hydrogens is 253 g/mol. The third kappa shape index (κ3) is 3.36. The maximum Gasteiger partial charge on any atom is 0.123 e. The monoisotopic (exact) mass is 273 g/mol. The number of ether oxygens (including phenoxy) is 1. The first kappa shape index (κ1) is 14.5. The molecule has 2 aromatic carbocycles. The van der Waals surface area contributed by atoms with Gasteiger partial charge in [-0.25, -0.2) is 4.39 Å². The first-order valence-electron chi connectivity index (χ1n) is 6.76. The van der Waals surface area contributed by atoms with Crippen LogP contribution in [0.25, 0.3) is 0 Å². The molecule has 2 nitrogen and oxygen atoms in total. The van der Waals surface area contributed by atoms with E-state index in [1.54, 1.807) is 7.11 Å². The van der Waals surface area contributed by atoms with E-state index >= 15 is 0 Å². The van der Waals surface area contributed by atoms with Gasteiger partial charge in [-0.2, -0.15) is 0 Å². The molecule has 106 valence electrons. The van der Waals surface area contributed by atoms with E-state index in [4.69, 9.17) is 4.74 Å². The number of methoxy groups -OCH3 is 1. The minimum Gasteiger partial charge on any atom is -0.496 e. The van der Waals surface area contributed by atoms with Gasteiger partial charge < -0.3 is 10.1 Å². The lowest BCUT2D eigenvalue weighted by molar-refractivity contribution is 0.396. The Balaban J connectivity index is 2.10. The standard InChI is InChI=1S/C17H20FNO/c1-12(14-8-10-15(18)11-9-14)19-13(2)16-6-4-5-7-17(16)20-3/h4-13,19H,1-3H3/t12-,13?/m1/s1. The summed E-state index contributed by atoms with van der Waals surface area (Å²) in [4.78, 5) is 0. The number of rotatable bonds is 5. The molecule has 2 rings (SSSR count). The maximum atomic E-state index is 12.9. The van der Waals surface area contributed by atoms with Crippen molar-refractivity contribution in [1.29, 1.82) is 0 Å². The molecule has 0 bridgehead atoms. The van der Waals surface area contributed by atoms with Crippen LogP contribution < -0.4 is 10.1 Å². The molecule has 20 heavy (non-hydrogen) atoms. The highest BCUT2D eigenvalue weighted by Crippen LogP contribution is 2.26. The SMILES string of the molecule is COc1ccccc1C(C)N[C@H](C)c1ccc(F)cc1. The van der Waals surface area contributed by atoms with Crippen molar-refractivity contribution in [2.24, 2.45) is 0 Å². The van der Waals surface area contributed by atoms with E-state index in [-0.39, 0.29) is 17.9 Å². The highest BCUT2D eigenvalue weighted by atomic mass is 19.1. The lowest BCUT2D eigenvalue weighted by atomic mass is 10.0. The van der Waals surface area contributed by atoms with E-state index in [1.807, 2.05) is 36.4 Å². The van der Waals surface area contributed by atoms with Crippen molar-refractivity contribution in [2.45, 2.75) is 25.9 Å². The number of halogens is 1. The van der Waals surface area contributed by atoms with E-state index in [0.29, 0.717) is 0 Å². The second-order valence-electron chi connectivity index (χ2n) is 4.90. The van der Waals surface area contributed by atoms with Gasteiger partial charge in [-0.3, -0.25) is 0 Å². The molecule has 0 saturated heterocycles. The average Bonchev–Trinajstić information content (AvgIpc) is 2.47. The zero-order chi connectivity index (χ0) is 14.5. The zero-order valence-electron chi connectivity index (χ0n) is 12.1. The first-order chi connectivity index (χ1) is 9.61. The third-order valence-corrected chi connectivity index (χ3v) is 3.48. The van der Waals surface area contributed by atoms with E-state index in [9.17, 15) is 4.39 Å². The van der Waals surface area contributed by atoms with Crippen LogP contribution in [0.1, 0.15) is 37.1 Å². The lowest BCUT2D eigenvalue weighted by Gasteiger charge is -2.22. The van der Waals surface area contributed by atoms with E-state index < -0.39 is 0 Å². The van der Waals surface area contributed by atoms with Gasteiger partial charge in [-0.05, 0) is 37.6 Å². The molecule has 0 aliphatic carbocycles. The number of nitrogens with one attached hydrogen (secondary N) is 1. The van der Waals surface area contributed by atoms with Gasteiger partial charge in [0.1, 0.15) is 11.6 Å². The minimum atomic E-state index is -0.210. The summed E-state index contributed by atoms with van der Waals surface area (Å²) < 4.78 is 18.3. The van der Waals surface area contributed by atoms with Crippen molar-refractivity contribution < 1.29 is 9.13 Å². The Bertz CT molecular complexity index is 553. The molecular formula is C17H20FNO. The fraction of sp³-hybridized carbons (Fsp3) is 0.294. The lowest BCUT2D eigenvalue weighted by Crippen LogP contribution is -2.22. The average molecular weight is 273 g/mol. The van der Waals surface area contributed by atoms with Gasteiger partial charge in [0, 0.05) is 17.6 Å². The molecule has 3 heteroatoms. The van der Waals surface area contributed by atoms with Crippen molar-refractivity contribution in [3.63, 3.8) is 0 Å². The van der Waals surface area contributed by atoms with Crippen LogP contribution in [-0.2, 0) is 0 Å². The summed E-state index contributed by atoms with van der Waals surface area (Å²) in [7, 11) is 1.68. The van der Waals surface area contributed by atoms with Gasteiger partial charge in [0.15, 0.2) is 0 Å². The molecule has 2 aromatic rings. The van der Waals surface area contributed by atoms with Gasteiger partial charge in [0.25, 0.3) is 0 Å². The first-order valence-corrected chi connectivity index (χ1v) is 6.76. The molecule has 2 atom stereocenters. The second kappa shape index (κ2) is 6.53. The van der Waals surface area contributed by atoms with Crippen LogP contribution in [0.15, 0.2) is 48.5 Å². The van der Waals surface area contributed by atoms with Gasteiger partial charge in [0.2, 0.25) is 0 Å². The smallest absolute Gasteiger partial charge is 0.123 e. The van der Waals surface area contributed by atoms with E-state index in [0.717, 1.165) is 16.9 Å². The molecule has 1 unspecified atom stereocenters. The minimum absolute atomic E-state index is 0.135. The van der Waals surface area contributed by atoms with Gasteiger partial charge in [-0.15, -0.1) is 0 Å². The summed E-state index contributed by atoms with van der Waals surface area (Å²) in [5.74, 6) is 0.664. The predicted octanol–water partition coefficient (Wildman–Crippen LogP) is 4.25. The van der Waals surface area contributed by atoms with Crippen LogP contribution in [-0.4, -0.2) is 7.11 Å². The molecule has 0 aromatic heterocycles. The summed E-state index contributed by atoms with van der Waals surface area (Å²) in [6.07, 6.45) is 0. The summed E-state index contributed by atoms with van der Waals surface area (Å²) in [5.41, 5.74) is 2.18. The second-order valence-corrected chi connectivity index (χ2v) is 4.90. The van der Waals surface area contributed by atoms with Crippen molar-refractivity contribution in [2.75, 3.05) is 7.11 Å². The number of benzene rings is 2. The topological polar surface area (TPSA) is 21.3 Å². The number of para-hydroxylation sites is 1. The number of hydrogen-bond donors (Lipinski definition) is 1. The van der Waals surface area contributed by atoms with Crippen LogP contribution >= 0.6 is 0 Å². The molecule has 0 heterocycles. The maximum absolute atomic E-state index is 12.9. The summed E-state index contributed by atoms with van der Waals surface area (Å²) in [6, 6.07) is 14.8. The largest absolute Gasteiger partial charge is 0.496 e. The fourth-order valence-electron chi connectivity index (χ4n) is 2.34. The highest BCUT2D eigenvalue weighted by Gasteiger charge is 2.14. The molecule has 1 N–H and O–H groups in total. The molecule has 0 aliphatic rings. The Kier molecular flexibility index (Phi) is 4.74. The third-order valence-electron chi connectivity index (χ3n) is 3.48. The highest BCUT2D eigenvalue weighted by molar-refractivity contribution is 5.35. The Hall–Kier alpha value is -1.87. The Labute approximate surface area is 119 Å². The number of hydrogen-bond acceptors (Lipinski definition) is 2. The van der Waals surface area contributed by atoms with Crippen LogP contribution in [0.5, 0.6) is 5.75 Å². The van der Waals surface area contributed by atoms with Crippen molar-refractivity contribution in [3.8, 4) is 5.75 Å².